The van der Waals surface area contributed by atoms with E-state index in [9.17, 15) is 5.11 Å². The predicted octanol–water partition coefficient (Wildman–Crippen LogP) is 2.17. The highest BCUT2D eigenvalue weighted by atomic mass is 16.3. The van der Waals surface area contributed by atoms with E-state index in [0.717, 1.165) is 18.8 Å². The summed E-state index contributed by atoms with van der Waals surface area (Å²) in [6.45, 7) is 14.0. The zero-order chi connectivity index (χ0) is 14.8. The molecule has 0 bridgehead atoms. The van der Waals surface area contributed by atoms with Crippen LogP contribution in [0.5, 0.6) is 0 Å². The van der Waals surface area contributed by atoms with E-state index in [2.05, 4.69) is 45.0 Å². The lowest BCUT2D eigenvalue weighted by atomic mass is 9.80. The molecule has 0 saturated heterocycles. The van der Waals surface area contributed by atoms with Crippen LogP contribution in [0.1, 0.15) is 44.6 Å². The second kappa shape index (κ2) is 6.06. The van der Waals surface area contributed by atoms with Gasteiger partial charge in [-0.2, -0.15) is 5.10 Å². The minimum atomic E-state index is -0.295. The van der Waals surface area contributed by atoms with Crippen LogP contribution in [0.15, 0.2) is 0 Å². The molecule has 1 rings (SSSR count). The van der Waals surface area contributed by atoms with Crippen LogP contribution in [0.3, 0.4) is 0 Å². The van der Waals surface area contributed by atoms with Gasteiger partial charge >= 0.3 is 0 Å². The summed E-state index contributed by atoms with van der Waals surface area (Å²) in [5.74, 6) is 0.277. The molecular weight excluding hydrogens is 238 g/mol. The van der Waals surface area contributed by atoms with E-state index in [1.54, 1.807) is 0 Å². The van der Waals surface area contributed by atoms with Gasteiger partial charge in [0.1, 0.15) is 0 Å². The van der Waals surface area contributed by atoms with Crippen molar-refractivity contribution in [1.82, 2.24) is 15.1 Å². The van der Waals surface area contributed by atoms with Gasteiger partial charge in [-0.05, 0) is 19.8 Å². The summed E-state index contributed by atoms with van der Waals surface area (Å²) in [5.41, 5.74) is 3.41. The lowest BCUT2D eigenvalue weighted by molar-refractivity contribution is 0.0134. The lowest BCUT2D eigenvalue weighted by Crippen LogP contribution is -2.41. The first-order valence-electron chi connectivity index (χ1n) is 7.04. The Kier molecular flexibility index (Phi) is 5.16. The Hall–Kier alpha value is -0.870. The van der Waals surface area contributed by atoms with Crippen LogP contribution in [-0.4, -0.2) is 27.5 Å². The number of nitrogens with zero attached hydrogens (tertiary/aromatic N) is 2. The Labute approximate surface area is 117 Å². The number of aliphatic hydroxyl groups is 1. The van der Waals surface area contributed by atoms with Gasteiger partial charge in [-0.25, -0.2) is 0 Å². The van der Waals surface area contributed by atoms with Crippen molar-refractivity contribution in [3.63, 3.8) is 0 Å². The smallest absolute Gasteiger partial charge is 0.0641 e. The molecule has 1 atom stereocenters. The molecule has 0 spiro atoms. The Balaban J connectivity index is 2.59. The number of aliphatic hydroxyl groups excluding tert-OH is 1. The minimum Gasteiger partial charge on any atom is -0.392 e. The van der Waals surface area contributed by atoms with Crippen molar-refractivity contribution in [2.45, 2.75) is 54.2 Å². The molecule has 19 heavy (non-hydrogen) atoms. The second-order valence-corrected chi connectivity index (χ2v) is 6.55. The summed E-state index contributed by atoms with van der Waals surface area (Å²) in [6.07, 6.45) is -0.295. The maximum atomic E-state index is 10.2. The first-order chi connectivity index (χ1) is 8.66. The second-order valence-electron chi connectivity index (χ2n) is 6.55. The van der Waals surface area contributed by atoms with E-state index >= 15 is 0 Å². The van der Waals surface area contributed by atoms with Crippen LogP contribution in [0.2, 0.25) is 0 Å². The highest BCUT2D eigenvalue weighted by Gasteiger charge is 2.29. The highest BCUT2D eigenvalue weighted by Crippen LogP contribution is 2.25. The van der Waals surface area contributed by atoms with E-state index in [4.69, 9.17) is 0 Å². The summed E-state index contributed by atoms with van der Waals surface area (Å²) in [7, 11) is 1.97. The van der Waals surface area contributed by atoms with Crippen molar-refractivity contribution in [2.75, 3.05) is 6.54 Å². The fourth-order valence-electron chi connectivity index (χ4n) is 2.59. The average Bonchev–Trinajstić information content (AvgIpc) is 2.54. The number of rotatable bonds is 6. The third-order valence-corrected chi connectivity index (χ3v) is 3.97. The average molecular weight is 267 g/mol. The molecule has 1 heterocycles. The molecule has 0 aliphatic rings. The first kappa shape index (κ1) is 16.2. The Morgan fingerprint density at radius 2 is 1.89 bits per heavy atom. The monoisotopic (exact) mass is 267 g/mol. The van der Waals surface area contributed by atoms with E-state index in [0.29, 0.717) is 0 Å². The van der Waals surface area contributed by atoms with Crippen molar-refractivity contribution in [3.05, 3.63) is 17.0 Å². The fourth-order valence-corrected chi connectivity index (χ4v) is 2.59. The van der Waals surface area contributed by atoms with Gasteiger partial charge in [-0.1, -0.05) is 27.7 Å². The third-order valence-electron chi connectivity index (χ3n) is 3.97. The van der Waals surface area contributed by atoms with Crippen molar-refractivity contribution in [1.29, 1.82) is 0 Å². The summed E-state index contributed by atoms with van der Waals surface area (Å²) in [5, 5.41) is 18.1. The molecule has 2 N–H and O–H groups in total. The molecule has 0 amide bonds. The van der Waals surface area contributed by atoms with Crippen LogP contribution in [0.25, 0.3) is 0 Å². The largest absolute Gasteiger partial charge is 0.392 e. The maximum Gasteiger partial charge on any atom is 0.0641 e. The molecule has 0 aliphatic carbocycles. The van der Waals surface area contributed by atoms with Gasteiger partial charge in [0.05, 0.1) is 11.8 Å². The zero-order valence-corrected chi connectivity index (χ0v) is 13.4. The number of aromatic nitrogens is 2. The lowest BCUT2D eigenvalue weighted by Gasteiger charge is -2.33. The molecule has 4 heteroatoms. The van der Waals surface area contributed by atoms with Crippen LogP contribution < -0.4 is 5.32 Å². The van der Waals surface area contributed by atoms with E-state index < -0.39 is 0 Å². The predicted molar refractivity (Wildman–Crippen MR) is 79.0 cm³/mol. The van der Waals surface area contributed by atoms with E-state index in [1.165, 1.54) is 11.3 Å². The minimum absolute atomic E-state index is 0.127. The van der Waals surface area contributed by atoms with Crippen molar-refractivity contribution in [3.8, 4) is 0 Å². The van der Waals surface area contributed by atoms with Crippen molar-refractivity contribution >= 4 is 0 Å². The van der Waals surface area contributed by atoms with Gasteiger partial charge in [0, 0.05) is 36.8 Å². The maximum absolute atomic E-state index is 10.2. The molecule has 1 unspecified atom stereocenters. The van der Waals surface area contributed by atoms with Crippen LogP contribution in [0, 0.1) is 25.2 Å². The van der Waals surface area contributed by atoms with Gasteiger partial charge in [0.25, 0.3) is 0 Å². The Morgan fingerprint density at radius 3 is 2.32 bits per heavy atom. The molecular formula is C15H29N3O. The number of hydrogen-bond donors (Lipinski definition) is 2. The number of nitrogens with one attached hydrogen (secondary N) is 1. The molecule has 0 aromatic carbocycles. The molecule has 0 aliphatic heterocycles. The van der Waals surface area contributed by atoms with Gasteiger partial charge in [-0.3, -0.25) is 4.68 Å². The van der Waals surface area contributed by atoms with Gasteiger partial charge in [-0.15, -0.1) is 0 Å². The van der Waals surface area contributed by atoms with Crippen LogP contribution in [0.4, 0.5) is 0 Å². The molecule has 0 radical (unpaired) electrons. The van der Waals surface area contributed by atoms with E-state index in [1.807, 2.05) is 18.7 Å². The molecule has 110 valence electrons. The topological polar surface area (TPSA) is 50.1 Å². The Bertz CT molecular complexity index is 421. The van der Waals surface area contributed by atoms with Crippen LogP contribution in [-0.2, 0) is 13.6 Å². The molecule has 0 fully saturated rings. The standard InChI is InChI=1S/C15H29N3O/c1-10(2)14(19)15(5,6)9-16-8-13-11(3)17-18(7)12(13)4/h10,14,16,19H,8-9H2,1-7H3. The van der Waals surface area contributed by atoms with Gasteiger partial charge in [0.2, 0.25) is 0 Å². The van der Waals surface area contributed by atoms with Crippen LogP contribution >= 0.6 is 0 Å². The molecule has 1 aromatic rings. The summed E-state index contributed by atoms with van der Waals surface area (Å²) in [4.78, 5) is 0. The fraction of sp³-hybridized carbons (Fsp3) is 0.800. The highest BCUT2D eigenvalue weighted by molar-refractivity contribution is 5.23. The third kappa shape index (κ3) is 3.80. The summed E-state index contributed by atoms with van der Waals surface area (Å²) < 4.78 is 1.92. The van der Waals surface area contributed by atoms with Crippen molar-refractivity contribution in [2.24, 2.45) is 18.4 Å². The number of aryl methyl sites for hydroxylation is 2. The number of hydrogen-bond acceptors (Lipinski definition) is 3. The zero-order valence-electron chi connectivity index (χ0n) is 13.4. The quantitative estimate of drug-likeness (QED) is 0.830. The van der Waals surface area contributed by atoms with E-state index in [-0.39, 0.29) is 17.4 Å². The normalized spacial score (nSPS) is 14.2. The molecule has 4 nitrogen and oxygen atoms in total. The van der Waals surface area contributed by atoms with Crippen molar-refractivity contribution < 1.29 is 5.11 Å². The van der Waals surface area contributed by atoms with Gasteiger partial charge < -0.3 is 10.4 Å². The summed E-state index contributed by atoms with van der Waals surface area (Å²) in [6, 6.07) is 0. The Morgan fingerprint density at radius 1 is 1.32 bits per heavy atom. The summed E-state index contributed by atoms with van der Waals surface area (Å²) >= 11 is 0. The SMILES string of the molecule is Cc1nn(C)c(C)c1CNCC(C)(C)C(O)C(C)C. The molecule has 1 aromatic heterocycles. The first-order valence-corrected chi connectivity index (χ1v) is 7.04. The van der Waals surface area contributed by atoms with Gasteiger partial charge in [0.15, 0.2) is 0 Å². The molecule has 0 saturated carbocycles.